The average molecular weight is 557 g/mol. The lowest BCUT2D eigenvalue weighted by Gasteiger charge is -2.37. The van der Waals surface area contributed by atoms with E-state index in [0.29, 0.717) is 55.8 Å². The second-order valence-electron chi connectivity index (χ2n) is 10.2. The van der Waals surface area contributed by atoms with E-state index in [1.165, 1.54) is 6.20 Å². The Morgan fingerprint density at radius 1 is 1.00 bits per heavy atom. The zero-order chi connectivity index (χ0) is 29.0. The van der Waals surface area contributed by atoms with Crippen LogP contribution >= 0.6 is 0 Å². The van der Waals surface area contributed by atoms with Crippen LogP contribution in [0.25, 0.3) is 0 Å². The summed E-state index contributed by atoms with van der Waals surface area (Å²) in [5.74, 6) is -1.79. The Balaban J connectivity index is 1.12. The van der Waals surface area contributed by atoms with Crippen molar-refractivity contribution in [1.29, 1.82) is 10.5 Å². The average Bonchev–Trinajstić information content (AvgIpc) is 3.28. The fourth-order valence-electron chi connectivity index (χ4n) is 5.07. The van der Waals surface area contributed by atoms with Gasteiger partial charge in [-0.1, -0.05) is 12.1 Å². The highest BCUT2D eigenvalue weighted by Gasteiger charge is 2.47. The fourth-order valence-corrected chi connectivity index (χ4v) is 5.07. The van der Waals surface area contributed by atoms with Crippen molar-refractivity contribution in [2.24, 2.45) is 0 Å². The molecule has 1 N–H and O–H groups in total. The minimum Gasteiger partial charge on any atom is -0.441 e. The van der Waals surface area contributed by atoms with Gasteiger partial charge in [0.2, 0.25) is 0 Å². The van der Waals surface area contributed by atoms with Crippen LogP contribution in [-0.4, -0.2) is 52.0 Å². The quantitative estimate of drug-likeness (QED) is 0.466. The Kier molecular flexibility index (Phi) is 7.90. The molecule has 0 saturated carbocycles. The smallest absolute Gasteiger partial charge is 0.410 e. The van der Waals surface area contributed by atoms with E-state index in [-0.39, 0.29) is 30.1 Å². The second-order valence-corrected chi connectivity index (χ2v) is 10.2. The molecule has 9 nitrogen and oxygen atoms in total. The summed E-state index contributed by atoms with van der Waals surface area (Å²) in [6, 6.07) is 16.1. The number of hydrogen-bond acceptors (Lipinski definition) is 7. The summed E-state index contributed by atoms with van der Waals surface area (Å²) in [5, 5.41) is 20.6. The Bertz CT molecular complexity index is 1520. The molecule has 2 aliphatic rings. The number of nitriles is 2. The molecule has 2 saturated heterocycles. The van der Waals surface area contributed by atoms with Crippen molar-refractivity contribution in [2.45, 2.75) is 38.1 Å². The molecule has 2 amide bonds. The molecule has 0 aliphatic carbocycles. The van der Waals surface area contributed by atoms with E-state index in [9.17, 15) is 18.4 Å². The molecule has 11 heteroatoms. The summed E-state index contributed by atoms with van der Waals surface area (Å²) in [6.45, 7) is 1.94. The van der Waals surface area contributed by atoms with Crippen LogP contribution in [0.15, 0.2) is 54.7 Å². The number of aromatic nitrogens is 1. The van der Waals surface area contributed by atoms with Crippen molar-refractivity contribution in [1.82, 2.24) is 20.1 Å². The van der Waals surface area contributed by atoms with E-state index in [0.717, 1.165) is 17.7 Å². The normalized spacial score (nSPS) is 16.2. The number of ether oxygens (including phenoxy) is 1. The Hall–Kier alpha value is -4.87. The molecule has 41 heavy (non-hydrogen) atoms. The van der Waals surface area contributed by atoms with Crippen LogP contribution in [0, 0.1) is 34.3 Å². The monoisotopic (exact) mass is 556 g/mol. The fraction of sp³-hybridized carbons (Fsp3) is 0.300. The summed E-state index contributed by atoms with van der Waals surface area (Å²) in [6.07, 6.45) is 2.04. The number of nitrogens with one attached hydrogen (secondary N) is 1. The molecule has 0 unspecified atom stereocenters. The number of rotatable bonds is 7. The lowest BCUT2D eigenvalue weighted by atomic mass is 9.91. The van der Waals surface area contributed by atoms with Gasteiger partial charge >= 0.3 is 6.09 Å². The molecular weight excluding hydrogens is 530 g/mol. The molecule has 208 valence electrons. The summed E-state index contributed by atoms with van der Waals surface area (Å²) in [5.41, 5.74) is 1.57. The van der Waals surface area contributed by atoms with E-state index in [1.807, 2.05) is 4.90 Å². The minimum absolute atomic E-state index is 0.0635. The number of nitrogens with zero attached hydrogens (tertiary/aromatic N) is 5. The number of hydrogen-bond donors (Lipinski definition) is 1. The Morgan fingerprint density at radius 3 is 2.29 bits per heavy atom. The first kappa shape index (κ1) is 27.7. The number of benzene rings is 2. The molecule has 0 atom stereocenters. The highest BCUT2D eigenvalue weighted by Crippen LogP contribution is 2.34. The first-order chi connectivity index (χ1) is 19.8. The molecule has 0 radical (unpaired) electrons. The second kappa shape index (κ2) is 11.7. The van der Waals surface area contributed by atoms with Gasteiger partial charge in [-0.15, -0.1) is 0 Å². The molecule has 1 aromatic heterocycles. The van der Waals surface area contributed by atoms with E-state index in [2.05, 4.69) is 16.4 Å². The van der Waals surface area contributed by atoms with Crippen LogP contribution in [0.3, 0.4) is 0 Å². The van der Waals surface area contributed by atoms with Crippen LogP contribution in [0.5, 0.6) is 0 Å². The first-order valence-corrected chi connectivity index (χ1v) is 13.1. The molecule has 2 aromatic carbocycles. The van der Waals surface area contributed by atoms with Crippen molar-refractivity contribution in [3.8, 4) is 12.1 Å². The lowest BCUT2D eigenvalue weighted by Crippen LogP contribution is -2.46. The molecular formula is C30H26F2N6O3. The van der Waals surface area contributed by atoms with Crippen molar-refractivity contribution >= 4 is 12.0 Å². The number of halogens is 2. The number of piperidine rings is 1. The zero-order valence-corrected chi connectivity index (χ0v) is 22.1. The van der Waals surface area contributed by atoms with Gasteiger partial charge in [-0.05, 0) is 42.0 Å². The predicted octanol–water partition coefficient (Wildman–Crippen LogP) is 4.02. The highest BCUT2D eigenvalue weighted by molar-refractivity contribution is 5.93. The third-order valence-corrected chi connectivity index (χ3v) is 7.44. The van der Waals surface area contributed by atoms with Gasteiger partial charge in [0.25, 0.3) is 5.91 Å². The van der Waals surface area contributed by atoms with E-state index in [4.69, 9.17) is 15.3 Å². The molecule has 0 bridgehead atoms. The van der Waals surface area contributed by atoms with Gasteiger partial charge < -0.3 is 10.1 Å². The number of amides is 2. The maximum Gasteiger partial charge on any atom is 0.410 e. The SMILES string of the molecule is N#Cc1ccc(CNC(=O)c2ccc(CN3CC4(CCN(Cc5c(F)cc(C#N)cc5F)CC4)OC3=O)nc2)cc1. The maximum absolute atomic E-state index is 14.3. The third-order valence-electron chi connectivity index (χ3n) is 7.44. The predicted molar refractivity (Wildman–Crippen MR) is 142 cm³/mol. The molecule has 1 spiro atoms. The van der Waals surface area contributed by atoms with E-state index < -0.39 is 23.3 Å². The van der Waals surface area contributed by atoms with E-state index >= 15 is 0 Å². The number of carbonyl (C=O) groups excluding carboxylic acids is 2. The minimum atomic E-state index is -0.748. The van der Waals surface area contributed by atoms with Gasteiger partial charge in [-0.25, -0.2) is 13.6 Å². The van der Waals surface area contributed by atoms with Gasteiger partial charge in [-0.2, -0.15) is 10.5 Å². The van der Waals surface area contributed by atoms with Gasteiger partial charge in [0.1, 0.15) is 17.2 Å². The van der Waals surface area contributed by atoms with Gasteiger partial charge in [-0.3, -0.25) is 19.6 Å². The Morgan fingerprint density at radius 2 is 1.68 bits per heavy atom. The maximum atomic E-state index is 14.3. The summed E-state index contributed by atoms with van der Waals surface area (Å²) in [7, 11) is 0. The standard InChI is InChI=1S/C30H26F2N6O3/c31-26-11-22(14-34)12-27(32)25(26)18-37-9-7-30(8-10-37)19-38(29(40)41-30)17-24-6-5-23(16-35-24)28(39)36-15-21-3-1-20(13-33)2-4-21/h1-6,11-12,16H,7-10,15,17-19H2,(H,36,39). The molecule has 2 fully saturated rings. The molecule has 3 heterocycles. The van der Waals surface area contributed by atoms with E-state index in [1.54, 1.807) is 47.4 Å². The summed E-state index contributed by atoms with van der Waals surface area (Å²) < 4.78 is 34.4. The summed E-state index contributed by atoms with van der Waals surface area (Å²) in [4.78, 5) is 33.0. The number of pyridine rings is 1. The zero-order valence-electron chi connectivity index (χ0n) is 22.1. The van der Waals surface area contributed by atoms with Crippen molar-refractivity contribution in [3.63, 3.8) is 0 Å². The van der Waals surface area contributed by atoms with Crippen LogP contribution in [0.4, 0.5) is 13.6 Å². The van der Waals surface area contributed by atoms with Crippen molar-refractivity contribution < 1.29 is 23.1 Å². The molecule has 5 rings (SSSR count). The summed E-state index contributed by atoms with van der Waals surface area (Å²) >= 11 is 0. The first-order valence-electron chi connectivity index (χ1n) is 13.1. The molecule has 3 aromatic rings. The molecule has 2 aliphatic heterocycles. The van der Waals surface area contributed by atoms with Crippen molar-refractivity contribution in [3.05, 3.63) is 99.9 Å². The lowest BCUT2D eigenvalue weighted by molar-refractivity contribution is -0.00165. The largest absolute Gasteiger partial charge is 0.441 e. The van der Waals surface area contributed by atoms with Crippen LogP contribution < -0.4 is 5.32 Å². The number of likely N-dealkylation sites (tertiary alicyclic amines) is 1. The van der Waals surface area contributed by atoms with Gasteiger partial charge in [0, 0.05) is 50.8 Å². The Labute approximate surface area is 235 Å². The van der Waals surface area contributed by atoms with Crippen LogP contribution in [0.2, 0.25) is 0 Å². The van der Waals surface area contributed by atoms with Gasteiger partial charge in [0.15, 0.2) is 0 Å². The third kappa shape index (κ3) is 6.32. The number of carbonyl (C=O) groups is 2. The van der Waals surface area contributed by atoms with Crippen LogP contribution in [-0.2, 0) is 24.4 Å². The highest BCUT2D eigenvalue weighted by atomic mass is 19.1. The topological polar surface area (TPSA) is 122 Å². The van der Waals surface area contributed by atoms with Crippen molar-refractivity contribution in [2.75, 3.05) is 19.6 Å². The van der Waals surface area contributed by atoms with Gasteiger partial charge in [0.05, 0.1) is 47.6 Å². The van der Waals surface area contributed by atoms with Crippen LogP contribution in [0.1, 0.15) is 51.1 Å².